The molecule has 6 nitrogen and oxygen atoms in total. The molecule has 0 spiro atoms. The third-order valence-corrected chi connectivity index (χ3v) is 2.58. The fourth-order valence-corrected chi connectivity index (χ4v) is 1.69. The highest BCUT2D eigenvalue weighted by molar-refractivity contribution is 5.99. The number of rotatable bonds is 5. The molecule has 0 radical (unpaired) electrons. The lowest BCUT2D eigenvalue weighted by molar-refractivity contribution is -0.138. The van der Waals surface area contributed by atoms with Crippen LogP contribution < -0.4 is 5.73 Å². The Bertz CT molecular complexity index is 509. The average molecular weight is 264 g/mol. The van der Waals surface area contributed by atoms with Crippen molar-refractivity contribution in [1.82, 2.24) is 4.90 Å². The predicted octanol–water partition coefficient (Wildman–Crippen LogP) is 0.316. The van der Waals surface area contributed by atoms with Crippen molar-refractivity contribution in [2.24, 2.45) is 5.73 Å². The number of hydrogen-bond donors (Lipinski definition) is 2. The van der Waals surface area contributed by atoms with E-state index in [1.807, 2.05) is 13.0 Å². The van der Waals surface area contributed by atoms with Crippen molar-refractivity contribution in [3.63, 3.8) is 0 Å². The third kappa shape index (κ3) is 4.09. The molecule has 0 fully saturated rings. The molecule has 0 unspecified atom stereocenters. The van der Waals surface area contributed by atoms with Crippen LogP contribution in [0, 0.1) is 13.8 Å². The smallest absolute Gasteiger partial charge is 0.323 e. The van der Waals surface area contributed by atoms with Crippen molar-refractivity contribution < 1.29 is 19.5 Å². The fourth-order valence-electron chi connectivity index (χ4n) is 1.69. The minimum atomic E-state index is -1.19. The van der Waals surface area contributed by atoms with Gasteiger partial charge in [-0.1, -0.05) is 17.7 Å². The maximum Gasteiger partial charge on any atom is 0.323 e. The zero-order chi connectivity index (χ0) is 14.6. The number of nitrogens with zero attached hydrogens (tertiary/aromatic N) is 1. The minimum Gasteiger partial charge on any atom is -0.480 e. The lowest BCUT2D eigenvalue weighted by atomic mass is 10.0. The monoisotopic (exact) mass is 264 g/mol. The van der Waals surface area contributed by atoms with Crippen LogP contribution >= 0.6 is 0 Å². The molecule has 0 saturated heterocycles. The SMILES string of the molecule is Cc1ccc(C)c(C(=O)N(CC(N)=O)CC(=O)O)c1. The van der Waals surface area contributed by atoms with Gasteiger partial charge >= 0.3 is 5.97 Å². The molecule has 3 N–H and O–H groups in total. The predicted molar refractivity (Wildman–Crippen MR) is 68.6 cm³/mol. The van der Waals surface area contributed by atoms with Crippen LogP contribution in [0.5, 0.6) is 0 Å². The second-order valence-electron chi connectivity index (χ2n) is 4.34. The highest BCUT2D eigenvalue weighted by Crippen LogP contribution is 2.13. The molecule has 0 atom stereocenters. The van der Waals surface area contributed by atoms with Crippen molar-refractivity contribution >= 4 is 17.8 Å². The zero-order valence-corrected chi connectivity index (χ0v) is 10.8. The molecule has 1 aromatic carbocycles. The lowest BCUT2D eigenvalue weighted by Crippen LogP contribution is -2.41. The van der Waals surface area contributed by atoms with Crippen molar-refractivity contribution in [3.05, 3.63) is 34.9 Å². The number of carbonyl (C=O) groups is 3. The van der Waals surface area contributed by atoms with Gasteiger partial charge in [0.05, 0.1) is 0 Å². The van der Waals surface area contributed by atoms with Crippen LogP contribution in [0.1, 0.15) is 21.5 Å². The Morgan fingerprint density at radius 2 is 1.84 bits per heavy atom. The van der Waals surface area contributed by atoms with Gasteiger partial charge in [-0.05, 0) is 25.5 Å². The van der Waals surface area contributed by atoms with Gasteiger partial charge in [0, 0.05) is 5.56 Å². The van der Waals surface area contributed by atoms with E-state index in [1.165, 1.54) is 0 Å². The van der Waals surface area contributed by atoms with Gasteiger partial charge in [0.15, 0.2) is 0 Å². The Labute approximate surface area is 110 Å². The summed E-state index contributed by atoms with van der Waals surface area (Å²) in [4.78, 5) is 34.8. The van der Waals surface area contributed by atoms with Crippen LogP contribution in [0.15, 0.2) is 18.2 Å². The number of carbonyl (C=O) groups excluding carboxylic acids is 2. The highest BCUT2D eigenvalue weighted by atomic mass is 16.4. The van der Waals surface area contributed by atoms with Crippen LogP contribution in [0.2, 0.25) is 0 Å². The second kappa shape index (κ2) is 5.99. The molecule has 0 saturated carbocycles. The van der Waals surface area contributed by atoms with Crippen molar-refractivity contribution in [2.45, 2.75) is 13.8 Å². The Kier molecular flexibility index (Phi) is 4.63. The maximum atomic E-state index is 12.2. The summed E-state index contributed by atoms with van der Waals surface area (Å²) >= 11 is 0. The molecule has 0 bridgehead atoms. The molecule has 0 aromatic heterocycles. The van der Waals surface area contributed by atoms with E-state index in [4.69, 9.17) is 10.8 Å². The van der Waals surface area contributed by atoms with E-state index < -0.39 is 30.9 Å². The fraction of sp³-hybridized carbons (Fsp3) is 0.308. The van der Waals surface area contributed by atoms with E-state index in [2.05, 4.69) is 0 Å². The summed E-state index contributed by atoms with van der Waals surface area (Å²) in [6.45, 7) is 2.59. The van der Waals surface area contributed by atoms with E-state index in [0.29, 0.717) is 5.56 Å². The normalized spacial score (nSPS) is 10.0. The Morgan fingerprint density at radius 1 is 1.21 bits per heavy atom. The van der Waals surface area contributed by atoms with Gasteiger partial charge < -0.3 is 15.7 Å². The first-order valence-electron chi connectivity index (χ1n) is 5.68. The first-order chi connectivity index (χ1) is 8.81. The van der Waals surface area contributed by atoms with Crippen molar-refractivity contribution in [1.29, 1.82) is 0 Å². The topological polar surface area (TPSA) is 101 Å². The molecule has 1 aromatic rings. The highest BCUT2D eigenvalue weighted by Gasteiger charge is 2.21. The first-order valence-corrected chi connectivity index (χ1v) is 5.68. The van der Waals surface area contributed by atoms with Gasteiger partial charge in [0.25, 0.3) is 5.91 Å². The van der Waals surface area contributed by atoms with Crippen LogP contribution in [0.25, 0.3) is 0 Å². The molecule has 6 heteroatoms. The number of benzene rings is 1. The zero-order valence-electron chi connectivity index (χ0n) is 10.8. The van der Waals surface area contributed by atoms with Crippen LogP contribution in [0.3, 0.4) is 0 Å². The first kappa shape index (κ1) is 14.7. The number of hydrogen-bond acceptors (Lipinski definition) is 3. The van der Waals surface area contributed by atoms with Crippen LogP contribution in [-0.2, 0) is 9.59 Å². The molecule has 1 rings (SSSR count). The number of aryl methyl sites for hydroxylation is 2. The van der Waals surface area contributed by atoms with Gasteiger partial charge in [-0.15, -0.1) is 0 Å². The second-order valence-corrected chi connectivity index (χ2v) is 4.34. The largest absolute Gasteiger partial charge is 0.480 e. The lowest BCUT2D eigenvalue weighted by Gasteiger charge is -2.20. The van der Waals surface area contributed by atoms with Gasteiger partial charge in [0.2, 0.25) is 5.91 Å². The van der Waals surface area contributed by atoms with E-state index in [0.717, 1.165) is 16.0 Å². The van der Waals surface area contributed by atoms with Crippen LogP contribution in [-0.4, -0.2) is 40.9 Å². The van der Waals surface area contributed by atoms with Gasteiger partial charge in [0.1, 0.15) is 13.1 Å². The molecule has 0 aliphatic rings. The summed E-state index contributed by atoms with van der Waals surface area (Å²) < 4.78 is 0. The number of primary amides is 1. The van der Waals surface area contributed by atoms with Crippen molar-refractivity contribution in [2.75, 3.05) is 13.1 Å². The number of nitrogens with two attached hydrogens (primary N) is 1. The van der Waals surface area contributed by atoms with E-state index in [-0.39, 0.29) is 0 Å². The summed E-state index contributed by atoms with van der Waals surface area (Å²) in [5.41, 5.74) is 7.00. The van der Waals surface area contributed by atoms with Gasteiger partial charge in [-0.2, -0.15) is 0 Å². The maximum absolute atomic E-state index is 12.2. The van der Waals surface area contributed by atoms with Crippen molar-refractivity contribution in [3.8, 4) is 0 Å². The molecule has 0 heterocycles. The van der Waals surface area contributed by atoms with Crippen LogP contribution in [0.4, 0.5) is 0 Å². The number of aliphatic carboxylic acids is 1. The Hall–Kier alpha value is -2.37. The molecule has 0 aliphatic carbocycles. The molecule has 19 heavy (non-hydrogen) atoms. The summed E-state index contributed by atoms with van der Waals surface area (Å²) in [6, 6.07) is 5.28. The molecule has 102 valence electrons. The van der Waals surface area contributed by atoms with E-state index >= 15 is 0 Å². The number of amides is 2. The number of carboxylic acid groups (broad SMARTS) is 1. The van der Waals surface area contributed by atoms with Gasteiger partial charge in [-0.3, -0.25) is 14.4 Å². The summed E-state index contributed by atoms with van der Waals surface area (Å²) in [5, 5.41) is 8.77. The molecule has 0 aliphatic heterocycles. The van der Waals surface area contributed by atoms with Gasteiger partial charge in [-0.25, -0.2) is 0 Å². The Morgan fingerprint density at radius 3 is 2.37 bits per heavy atom. The third-order valence-electron chi connectivity index (χ3n) is 2.58. The van der Waals surface area contributed by atoms with E-state index in [9.17, 15) is 14.4 Å². The molecule has 2 amide bonds. The minimum absolute atomic E-state index is 0.377. The summed E-state index contributed by atoms with van der Waals surface area (Å²) in [7, 11) is 0. The average Bonchev–Trinajstić information content (AvgIpc) is 2.29. The molecular formula is C13H16N2O4. The number of carboxylic acids is 1. The molecular weight excluding hydrogens is 248 g/mol. The summed E-state index contributed by atoms with van der Waals surface area (Å²) in [6.07, 6.45) is 0. The van der Waals surface area contributed by atoms with E-state index in [1.54, 1.807) is 19.1 Å². The quantitative estimate of drug-likeness (QED) is 0.799. The summed E-state index contributed by atoms with van der Waals surface area (Å²) in [5.74, 6) is -2.46. The standard InChI is InChI=1S/C13H16N2O4/c1-8-3-4-9(2)10(5-8)13(19)15(6-11(14)16)7-12(17)18/h3-5H,6-7H2,1-2H3,(H2,14,16)(H,17,18). The Balaban J connectivity index is 3.07.